The molecular formula is C12H21NO. The van der Waals surface area contributed by atoms with E-state index in [1.165, 1.54) is 0 Å². The molecule has 1 rings (SSSR count). The van der Waals surface area contributed by atoms with Crippen molar-refractivity contribution in [3.05, 3.63) is 24.0 Å². The van der Waals surface area contributed by atoms with Crippen molar-refractivity contribution in [1.29, 1.82) is 0 Å². The number of hydrogen-bond donors (Lipinski definition) is 2. The molecule has 1 atom stereocenters. The van der Waals surface area contributed by atoms with Crippen molar-refractivity contribution >= 4 is 0 Å². The summed E-state index contributed by atoms with van der Waals surface area (Å²) in [7, 11) is 0. The van der Waals surface area contributed by atoms with Gasteiger partial charge in [0, 0.05) is 12.4 Å². The number of hydrogen-bond acceptors (Lipinski definition) is 1. The zero-order valence-electron chi connectivity index (χ0n) is 9.16. The van der Waals surface area contributed by atoms with Crippen LogP contribution in [0.3, 0.4) is 0 Å². The van der Waals surface area contributed by atoms with E-state index < -0.39 is 0 Å². The van der Waals surface area contributed by atoms with Gasteiger partial charge in [0.1, 0.15) is 0 Å². The van der Waals surface area contributed by atoms with E-state index in [1.54, 1.807) is 0 Å². The molecule has 1 aromatic heterocycles. The summed E-state index contributed by atoms with van der Waals surface area (Å²) in [5.74, 6) is 0.417. The maximum atomic E-state index is 10.1. The fourth-order valence-electron chi connectivity index (χ4n) is 1.99. The predicted octanol–water partition coefficient (Wildman–Crippen LogP) is 3.26. The van der Waals surface area contributed by atoms with E-state index in [1.807, 2.05) is 18.5 Å². The smallest absolute Gasteiger partial charge is 0.0832 e. The third kappa shape index (κ3) is 2.88. The number of aliphatic hydroxyl groups is 1. The fourth-order valence-corrected chi connectivity index (χ4v) is 1.99. The topological polar surface area (TPSA) is 36.0 Å². The van der Waals surface area contributed by atoms with Gasteiger partial charge >= 0.3 is 0 Å². The lowest BCUT2D eigenvalue weighted by Crippen LogP contribution is -2.11. The van der Waals surface area contributed by atoms with E-state index in [4.69, 9.17) is 0 Å². The summed E-state index contributed by atoms with van der Waals surface area (Å²) in [6.45, 7) is 4.35. The Labute approximate surface area is 86.4 Å². The van der Waals surface area contributed by atoms with Gasteiger partial charge in [0.25, 0.3) is 0 Å². The van der Waals surface area contributed by atoms with E-state index in [0.717, 1.165) is 31.2 Å². The summed E-state index contributed by atoms with van der Waals surface area (Å²) in [6.07, 6.45) is 7.98. The van der Waals surface area contributed by atoms with Crippen LogP contribution in [0.2, 0.25) is 0 Å². The van der Waals surface area contributed by atoms with Crippen LogP contribution < -0.4 is 0 Å². The van der Waals surface area contributed by atoms with Crippen molar-refractivity contribution in [2.45, 2.75) is 45.6 Å². The van der Waals surface area contributed by atoms with E-state index >= 15 is 0 Å². The first-order chi connectivity index (χ1) is 6.79. The quantitative estimate of drug-likeness (QED) is 0.718. The minimum atomic E-state index is -0.291. The van der Waals surface area contributed by atoms with Gasteiger partial charge in [0.2, 0.25) is 0 Å². The van der Waals surface area contributed by atoms with E-state index in [-0.39, 0.29) is 6.10 Å². The molecule has 14 heavy (non-hydrogen) atoms. The Morgan fingerprint density at radius 3 is 2.36 bits per heavy atom. The van der Waals surface area contributed by atoms with Crippen molar-refractivity contribution in [3.8, 4) is 0 Å². The maximum absolute atomic E-state index is 10.1. The van der Waals surface area contributed by atoms with Crippen LogP contribution in [0.4, 0.5) is 0 Å². The number of aromatic amines is 1. The van der Waals surface area contributed by atoms with Gasteiger partial charge in [-0.25, -0.2) is 0 Å². The van der Waals surface area contributed by atoms with Crippen LogP contribution in [0.25, 0.3) is 0 Å². The Morgan fingerprint density at radius 2 is 1.93 bits per heavy atom. The summed E-state index contributed by atoms with van der Waals surface area (Å²) < 4.78 is 0. The Hall–Kier alpha value is -0.760. The Kier molecular flexibility index (Phi) is 4.74. The molecule has 2 nitrogen and oxygen atoms in total. The highest BCUT2D eigenvalue weighted by atomic mass is 16.3. The summed E-state index contributed by atoms with van der Waals surface area (Å²) in [5, 5.41) is 10.1. The molecule has 2 heteroatoms. The number of H-pyrrole nitrogens is 1. The predicted molar refractivity (Wildman–Crippen MR) is 59.1 cm³/mol. The number of rotatable bonds is 6. The first-order valence-electron chi connectivity index (χ1n) is 5.60. The first kappa shape index (κ1) is 11.3. The molecule has 0 aliphatic rings. The second-order valence-corrected chi connectivity index (χ2v) is 3.93. The van der Waals surface area contributed by atoms with Crippen LogP contribution in [0.1, 0.15) is 51.2 Å². The molecule has 0 fully saturated rings. The van der Waals surface area contributed by atoms with E-state index in [9.17, 15) is 5.11 Å². The largest absolute Gasteiger partial charge is 0.388 e. The van der Waals surface area contributed by atoms with Crippen LogP contribution in [0.5, 0.6) is 0 Å². The molecule has 0 aromatic carbocycles. The normalized spacial score (nSPS) is 13.4. The highest BCUT2D eigenvalue weighted by Gasteiger charge is 2.19. The first-order valence-corrected chi connectivity index (χ1v) is 5.60. The third-order valence-corrected chi connectivity index (χ3v) is 2.73. The minimum Gasteiger partial charge on any atom is -0.388 e. The maximum Gasteiger partial charge on any atom is 0.0832 e. The molecule has 0 aliphatic carbocycles. The fraction of sp³-hybridized carbons (Fsp3) is 0.667. The van der Waals surface area contributed by atoms with Gasteiger partial charge in [-0.05, 0) is 30.4 Å². The molecule has 0 spiro atoms. The average molecular weight is 195 g/mol. The van der Waals surface area contributed by atoms with Crippen LogP contribution in [-0.4, -0.2) is 10.1 Å². The van der Waals surface area contributed by atoms with Gasteiger partial charge in [0.05, 0.1) is 6.10 Å². The van der Waals surface area contributed by atoms with E-state index in [0.29, 0.717) is 5.92 Å². The molecule has 0 aliphatic heterocycles. The number of aromatic nitrogens is 1. The molecule has 0 amide bonds. The number of aliphatic hydroxyl groups excluding tert-OH is 1. The third-order valence-electron chi connectivity index (χ3n) is 2.73. The van der Waals surface area contributed by atoms with Gasteiger partial charge in [-0.3, -0.25) is 0 Å². The molecule has 1 aromatic rings. The van der Waals surface area contributed by atoms with Gasteiger partial charge in [0.15, 0.2) is 0 Å². The Morgan fingerprint density at radius 1 is 1.29 bits per heavy atom. The molecule has 2 N–H and O–H groups in total. The van der Waals surface area contributed by atoms with Gasteiger partial charge < -0.3 is 10.1 Å². The molecule has 1 unspecified atom stereocenters. The zero-order chi connectivity index (χ0) is 10.4. The molecule has 0 saturated heterocycles. The minimum absolute atomic E-state index is 0.291. The average Bonchev–Trinajstić information content (AvgIpc) is 2.69. The summed E-state index contributed by atoms with van der Waals surface area (Å²) in [6, 6.07) is 1.96. The summed E-state index contributed by atoms with van der Waals surface area (Å²) in [5.41, 5.74) is 1.02. The van der Waals surface area contributed by atoms with Crippen molar-refractivity contribution < 1.29 is 5.11 Å². The van der Waals surface area contributed by atoms with Crippen molar-refractivity contribution in [1.82, 2.24) is 4.98 Å². The molecule has 0 radical (unpaired) electrons. The molecule has 0 bridgehead atoms. The molecule has 80 valence electrons. The molecule has 0 saturated carbocycles. The lowest BCUT2D eigenvalue weighted by Gasteiger charge is -2.21. The van der Waals surface area contributed by atoms with Crippen molar-refractivity contribution in [3.63, 3.8) is 0 Å². The second-order valence-electron chi connectivity index (χ2n) is 3.93. The van der Waals surface area contributed by atoms with Gasteiger partial charge in [-0.1, -0.05) is 26.7 Å². The SMILES string of the molecule is CCCC(CCC)C(O)c1cc[nH]c1. The van der Waals surface area contributed by atoms with Crippen LogP contribution in [0, 0.1) is 5.92 Å². The van der Waals surface area contributed by atoms with Crippen LogP contribution >= 0.6 is 0 Å². The second kappa shape index (κ2) is 5.86. The molecule has 1 heterocycles. The standard InChI is InChI=1S/C12H21NO/c1-3-5-10(6-4-2)12(14)11-7-8-13-9-11/h7-10,12-14H,3-6H2,1-2H3. The lowest BCUT2D eigenvalue weighted by atomic mass is 9.89. The van der Waals surface area contributed by atoms with Gasteiger partial charge in [-0.15, -0.1) is 0 Å². The summed E-state index contributed by atoms with van der Waals surface area (Å²) >= 11 is 0. The highest BCUT2D eigenvalue weighted by molar-refractivity contribution is 5.12. The van der Waals surface area contributed by atoms with Gasteiger partial charge in [-0.2, -0.15) is 0 Å². The monoisotopic (exact) mass is 195 g/mol. The van der Waals surface area contributed by atoms with E-state index in [2.05, 4.69) is 18.8 Å². The Bertz CT molecular complexity index is 224. The number of nitrogens with one attached hydrogen (secondary N) is 1. The highest BCUT2D eigenvalue weighted by Crippen LogP contribution is 2.29. The van der Waals surface area contributed by atoms with Crippen molar-refractivity contribution in [2.75, 3.05) is 0 Å². The Balaban J connectivity index is 2.58. The summed E-state index contributed by atoms with van der Waals surface area (Å²) in [4.78, 5) is 2.99. The zero-order valence-corrected chi connectivity index (χ0v) is 9.16. The molecular weight excluding hydrogens is 174 g/mol. The van der Waals surface area contributed by atoms with Crippen LogP contribution in [-0.2, 0) is 0 Å². The van der Waals surface area contributed by atoms with Crippen molar-refractivity contribution in [2.24, 2.45) is 5.92 Å². The lowest BCUT2D eigenvalue weighted by molar-refractivity contribution is 0.0966. The van der Waals surface area contributed by atoms with Crippen LogP contribution in [0.15, 0.2) is 18.5 Å².